The van der Waals surface area contributed by atoms with E-state index in [0.717, 1.165) is 12.1 Å². The summed E-state index contributed by atoms with van der Waals surface area (Å²) in [5.74, 6) is 0. The normalized spacial score (nSPS) is 13.3. The molecule has 0 aliphatic rings. The Morgan fingerprint density at radius 1 is 1.67 bits per heavy atom. The van der Waals surface area contributed by atoms with Crippen molar-refractivity contribution < 1.29 is 0 Å². The molecule has 3 nitrogen and oxygen atoms in total. The van der Waals surface area contributed by atoms with Gasteiger partial charge in [0.05, 0.1) is 5.69 Å². The number of rotatable bonds is 3. The highest BCUT2D eigenvalue weighted by atomic mass is 15.3. The molecule has 0 saturated heterocycles. The van der Waals surface area contributed by atoms with Crippen LogP contribution < -0.4 is 5.32 Å². The van der Waals surface area contributed by atoms with E-state index in [1.165, 1.54) is 5.56 Å². The highest BCUT2D eigenvalue weighted by molar-refractivity contribution is 5.19. The van der Waals surface area contributed by atoms with Crippen LogP contribution in [0, 0.1) is 6.92 Å². The van der Waals surface area contributed by atoms with Crippen LogP contribution in [0.25, 0.3) is 0 Å². The van der Waals surface area contributed by atoms with Gasteiger partial charge in [-0.2, -0.15) is 5.10 Å². The fourth-order valence-corrected chi connectivity index (χ4v) is 1.54. The summed E-state index contributed by atoms with van der Waals surface area (Å²) in [6, 6.07) is 0.443. The van der Waals surface area contributed by atoms with E-state index in [2.05, 4.69) is 30.5 Å². The van der Waals surface area contributed by atoms with Crippen molar-refractivity contribution in [2.45, 2.75) is 26.3 Å². The minimum absolute atomic E-state index is 0.443. The Morgan fingerprint density at radius 2 is 2.33 bits per heavy atom. The maximum absolute atomic E-state index is 4.30. The molecule has 1 N–H and O–H groups in total. The number of nitrogens with one attached hydrogen (secondary N) is 1. The summed E-state index contributed by atoms with van der Waals surface area (Å²) >= 11 is 0. The first-order valence-corrected chi connectivity index (χ1v) is 4.36. The first-order valence-electron chi connectivity index (χ1n) is 4.36. The summed E-state index contributed by atoms with van der Waals surface area (Å²) in [7, 11) is 3.94. The molecule has 0 bridgehead atoms. The lowest BCUT2D eigenvalue weighted by atomic mass is 10.1. The van der Waals surface area contributed by atoms with Crippen LogP contribution in [0.1, 0.15) is 30.6 Å². The zero-order valence-corrected chi connectivity index (χ0v) is 8.26. The molecule has 1 atom stereocenters. The SMILES string of the molecule is CCC(NC)c1cn(C)nc1C. The Labute approximate surface area is 73.8 Å². The molecular formula is C9H17N3. The third kappa shape index (κ3) is 1.67. The second-order valence-electron chi connectivity index (χ2n) is 3.09. The Bertz CT molecular complexity index is 248. The molecule has 1 aromatic rings. The Kier molecular flexibility index (Phi) is 2.87. The van der Waals surface area contributed by atoms with Gasteiger partial charge in [-0.15, -0.1) is 0 Å². The second kappa shape index (κ2) is 3.72. The largest absolute Gasteiger partial charge is 0.313 e. The van der Waals surface area contributed by atoms with E-state index in [4.69, 9.17) is 0 Å². The lowest BCUT2D eigenvalue weighted by Gasteiger charge is -2.11. The Balaban J connectivity index is 2.91. The van der Waals surface area contributed by atoms with Crippen LogP contribution in [0.2, 0.25) is 0 Å². The topological polar surface area (TPSA) is 29.9 Å². The molecule has 3 heteroatoms. The predicted molar refractivity (Wildman–Crippen MR) is 50.0 cm³/mol. The van der Waals surface area contributed by atoms with Gasteiger partial charge in [0.1, 0.15) is 0 Å². The lowest BCUT2D eigenvalue weighted by Crippen LogP contribution is -2.15. The molecule has 0 aliphatic carbocycles. The quantitative estimate of drug-likeness (QED) is 0.737. The summed E-state index contributed by atoms with van der Waals surface area (Å²) in [6.07, 6.45) is 3.18. The van der Waals surface area contributed by atoms with Gasteiger partial charge in [-0.1, -0.05) is 6.92 Å². The van der Waals surface area contributed by atoms with E-state index in [9.17, 15) is 0 Å². The summed E-state index contributed by atoms with van der Waals surface area (Å²) in [6.45, 7) is 4.23. The predicted octanol–water partition coefficient (Wildman–Crippen LogP) is 1.40. The third-order valence-corrected chi connectivity index (χ3v) is 2.18. The monoisotopic (exact) mass is 167 g/mol. The van der Waals surface area contributed by atoms with Crippen LogP contribution >= 0.6 is 0 Å². The zero-order chi connectivity index (χ0) is 9.14. The standard InChI is InChI=1S/C9H17N3/c1-5-9(10-3)8-6-12(4)11-7(8)2/h6,9-10H,5H2,1-4H3. The van der Waals surface area contributed by atoms with Gasteiger partial charge in [-0.3, -0.25) is 4.68 Å². The van der Waals surface area contributed by atoms with Crippen molar-refractivity contribution in [3.8, 4) is 0 Å². The molecule has 0 fully saturated rings. The molecule has 0 aliphatic heterocycles. The average molecular weight is 167 g/mol. The summed E-state index contributed by atoms with van der Waals surface area (Å²) in [5, 5.41) is 7.57. The number of nitrogens with zero attached hydrogens (tertiary/aromatic N) is 2. The minimum Gasteiger partial charge on any atom is -0.313 e. The van der Waals surface area contributed by atoms with Crippen molar-refractivity contribution in [3.63, 3.8) is 0 Å². The summed E-state index contributed by atoms with van der Waals surface area (Å²) in [4.78, 5) is 0. The zero-order valence-electron chi connectivity index (χ0n) is 8.26. The van der Waals surface area contributed by atoms with E-state index in [1.54, 1.807) is 0 Å². The smallest absolute Gasteiger partial charge is 0.0641 e. The van der Waals surface area contributed by atoms with Gasteiger partial charge in [-0.25, -0.2) is 0 Å². The van der Waals surface area contributed by atoms with Gasteiger partial charge in [0.25, 0.3) is 0 Å². The summed E-state index contributed by atoms with van der Waals surface area (Å²) < 4.78 is 1.87. The Morgan fingerprint density at radius 3 is 2.67 bits per heavy atom. The van der Waals surface area contributed by atoms with Crippen LogP contribution in [-0.4, -0.2) is 16.8 Å². The maximum Gasteiger partial charge on any atom is 0.0641 e. The van der Waals surface area contributed by atoms with Crippen molar-refractivity contribution in [1.82, 2.24) is 15.1 Å². The van der Waals surface area contributed by atoms with Crippen LogP contribution in [0.3, 0.4) is 0 Å². The van der Waals surface area contributed by atoms with E-state index in [-0.39, 0.29) is 0 Å². The van der Waals surface area contributed by atoms with Gasteiger partial charge in [0.15, 0.2) is 0 Å². The number of aryl methyl sites for hydroxylation is 2. The molecule has 0 radical (unpaired) electrons. The number of hydrogen-bond donors (Lipinski definition) is 1. The molecular weight excluding hydrogens is 150 g/mol. The van der Waals surface area contributed by atoms with Crippen molar-refractivity contribution >= 4 is 0 Å². The van der Waals surface area contributed by atoms with Crippen molar-refractivity contribution in [3.05, 3.63) is 17.5 Å². The minimum atomic E-state index is 0.443. The average Bonchev–Trinajstić information content (AvgIpc) is 2.34. The number of aromatic nitrogens is 2. The van der Waals surface area contributed by atoms with Gasteiger partial charge >= 0.3 is 0 Å². The van der Waals surface area contributed by atoms with Gasteiger partial charge < -0.3 is 5.32 Å². The van der Waals surface area contributed by atoms with E-state index >= 15 is 0 Å². The lowest BCUT2D eigenvalue weighted by molar-refractivity contribution is 0.573. The van der Waals surface area contributed by atoms with Crippen LogP contribution in [-0.2, 0) is 7.05 Å². The van der Waals surface area contributed by atoms with Crippen LogP contribution in [0.15, 0.2) is 6.20 Å². The van der Waals surface area contributed by atoms with Crippen LogP contribution in [0.4, 0.5) is 0 Å². The van der Waals surface area contributed by atoms with E-state index in [0.29, 0.717) is 6.04 Å². The first-order chi connectivity index (χ1) is 5.69. The molecule has 1 aromatic heterocycles. The van der Waals surface area contributed by atoms with Gasteiger partial charge in [0, 0.05) is 24.8 Å². The first kappa shape index (κ1) is 9.26. The molecule has 1 unspecified atom stereocenters. The molecule has 1 heterocycles. The molecule has 0 aromatic carbocycles. The van der Waals surface area contributed by atoms with Gasteiger partial charge in [-0.05, 0) is 20.4 Å². The highest BCUT2D eigenvalue weighted by Crippen LogP contribution is 2.18. The third-order valence-electron chi connectivity index (χ3n) is 2.18. The summed E-state index contributed by atoms with van der Waals surface area (Å²) in [5.41, 5.74) is 2.43. The van der Waals surface area contributed by atoms with E-state index < -0.39 is 0 Å². The van der Waals surface area contributed by atoms with Crippen molar-refractivity contribution in [1.29, 1.82) is 0 Å². The molecule has 0 amide bonds. The molecule has 1 rings (SSSR count). The molecule has 0 spiro atoms. The molecule has 12 heavy (non-hydrogen) atoms. The van der Waals surface area contributed by atoms with Crippen molar-refractivity contribution in [2.75, 3.05) is 7.05 Å². The fourth-order valence-electron chi connectivity index (χ4n) is 1.54. The molecule has 0 saturated carbocycles. The molecule has 68 valence electrons. The van der Waals surface area contributed by atoms with E-state index in [1.807, 2.05) is 18.8 Å². The fraction of sp³-hybridized carbons (Fsp3) is 0.667. The highest BCUT2D eigenvalue weighted by Gasteiger charge is 2.11. The second-order valence-corrected chi connectivity index (χ2v) is 3.09. The number of hydrogen-bond acceptors (Lipinski definition) is 2. The van der Waals surface area contributed by atoms with Crippen molar-refractivity contribution in [2.24, 2.45) is 7.05 Å². The van der Waals surface area contributed by atoms with Crippen LogP contribution in [0.5, 0.6) is 0 Å². The Hall–Kier alpha value is -0.830. The van der Waals surface area contributed by atoms with Gasteiger partial charge in [0.2, 0.25) is 0 Å². The maximum atomic E-state index is 4.30.